The fourth-order valence-corrected chi connectivity index (χ4v) is 1.22. The van der Waals surface area contributed by atoms with Crippen LogP contribution in [0.2, 0.25) is 0 Å². The molecule has 0 radical (unpaired) electrons. The summed E-state index contributed by atoms with van der Waals surface area (Å²) in [6, 6.07) is -2.51. The van der Waals surface area contributed by atoms with E-state index in [9.17, 15) is 30.7 Å². The van der Waals surface area contributed by atoms with Crippen LogP contribution in [0.3, 0.4) is 0 Å². The highest BCUT2D eigenvalue weighted by Crippen LogP contribution is 2.48. The summed E-state index contributed by atoms with van der Waals surface area (Å²) in [4.78, 5) is 0. The van der Waals surface area contributed by atoms with Crippen LogP contribution in [0, 0.1) is 0 Å². The SMILES string of the molecule is CCCCC[C@H](N)C(F)(F)C(F)(F)C(F)(F)F.Cl. The van der Waals surface area contributed by atoms with Crippen molar-refractivity contribution in [2.24, 2.45) is 5.73 Å². The molecule has 0 saturated heterocycles. The van der Waals surface area contributed by atoms with Crippen LogP contribution < -0.4 is 5.73 Å². The Hall–Kier alpha value is -0.240. The van der Waals surface area contributed by atoms with Crippen LogP contribution in [0.4, 0.5) is 30.7 Å². The molecule has 2 N–H and O–H groups in total. The predicted octanol–water partition coefficient (Wildman–Crippen LogP) is 4.15. The molecule has 0 saturated carbocycles. The maximum atomic E-state index is 12.9. The lowest BCUT2D eigenvalue weighted by Crippen LogP contribution is -2.60. The molecule has 18 heavy (non-hydrogen) atoms. The molecule has 0 rings (SSSR count). The summed E-state index contributed by atoms with van der Waals surface area (Å²) in [6.07, 6.45) is -5.73. The van der Waals surface area contributed by atoms with E-state index in [-0.39, 0.29) is 18.8 Å². The van der Waals surface area contributed by atoms with Crippen molar-refractivity contribution in [3.63, 3.8) is 0 Å². The predicted molar refractivity (Wildman–Crippen MR) is 55.3 cm³/mol. The summed E-state index contributed by atoms with van der Waals surface area (Å²) in [6.45, 7) is 1.73. The third kappa shape index (κ3) is 4.15. The number of hydrogen-bond donors (Lipinski definition) is 1. The first-order valence-corrected chi connectivity index (χ1v) is 5.06. The molecule has 0 aromatic rings. The van der Waals surface area contributed by atoms with E-state index in [0.29, 0.717) is 12.8 Å². The van der Waals surface area contributed by atoms with Gasteiger partial charge in [0.15, 0.2) is 0 Å². The van der Waals surface area contributed by atoms with Crippen molar-refractivity contribution >= 4 is 12.4 Å². The fourth-order valence-electron chi connectivity index (χ4n) is 1.22. The maximum absolute atomic E-state index is 12.9. The minimum atomic E-state index is -6.31. The van der Waals surface area contributed by atoms with Gasteiger partial charge in [0.25, 0.3) is 0 Å². The van der Waals surface area contributed by atoms with Crippen molar-refractivity contribution in [3.8, 4) is 0 Å². The lowest BCUT2D eigenvalue weighted by Gasteiger charge is -2.32. The van der Waals surface area contributed by atoms with Gasteiger partial charge in [0.2, 0.25) is 0 Å². The van der Waals surface area contributed by atoms with Gasteiger partial charge in [0.05, 0.1) is 6.04 Å². The molecule has 0 fully saturated rings. The average molecular weight is 306 g/mol. The summed E-state index contributed by atoms with van der Waals surface area (Å²) in [7, 11) is 0. The molecule has 112 valence electrons. The van der Waals surface area contributed by atoms with E-state index >= 15 is 0 Å². The zero-order valence-electron chi connectivity index (χ0n) is 9.54. The number of unbranched alkanes of at least 4 members (excludes halogenated alkanes) is 2. The lowest BCUT2D eigenvalue weighted by molar-refractivity contribution is -0.358. The van der Waals surface area contributed by atoms with Crippen molar-refractivity contribution in [2.45, 2.75) is 56.7 Å². The Kier molecular flexibility index (Phi) is 7.58. The van der Waals surface area contributed by atoms with E-state index in [1.54, 1.807) is 6.92 Å². The molecule has 0 heterocycles. The van der Waals surface area contributed by atoms with E-state index < -0.39 is 30.5 Å². The second-order valence-corrected chi connectivity index (χ2v) is 3.80. The first kappa shape index (κ1) is 20.1. The Labute approximate surface area is 106 Å². The van der Waals surface area contributed by atoms with Gasteiger partial charge < -0.3 is 5.73 Å². The van der Waals surface area contributed by atoms with Gasteiger partial charge >= 0.3 is 18.0 Å². The molecule has 0 spiro atoms. The highest BCUT2D eigenvalue weighted by molar-refractivity contribution is 5.85. The highest BCUT2D eigenvalue weighted by Gasteiger charge is 2.74. The summed E-state index contributed by atoms with van der Waals surface area (Å²) < 4.78 is 86.2. The molecule has 0 aliphatic carbocycles. The second kappa shape index (κ2) is 6.79. The Morgan fingerprint density at radius 3 is 1.72 bits per heavy atom. The van der Waals surface area contributed by atoms with E-state index in [2.05, 4.69) is 0 Å². The van der Waals surface area contributed by atoms with Crippen molar-refractivity contribution in [1.82, 2.24) is 0 Å². The van der Waals surface area contributed by atoms with Crippen molar-refractivity contribution in [3.05, 3.63) is 0 Å². The molecule has 0 unspecified atom stereocenters. The minimum Gasteiger partial charge on any atom is -0.322 e. The fraction of sp³-hybridized carbons (Fsp3) is 1.00. The molecule has 0 aromatic carbocycles. The molecule has 1 atom stereocenters. The molecule has 1 nitrogen and oxygen atoms in total. The van der Waals surface area contributed by atoms with Crippen LogP contribution in [-0.2, 0) is 0 Å². The lowest BCUT2D eigenvalue weighted by atomic mass is 9.98. The second-order valence-electron chi connectivity index (χ2n) is 3.80. The number of alkyl halides is 7. The van der Waals surface area contributed by atoms with Gasteiger partial charge in [-0.1, -0.05) is 26.2 Å². The van der Waals surface area contributed by atoms with Gasteiger partial charge in [-0.25, -0.2) is 0 Å². The summed E-state index contributed by atoms with van der Waals surface area (Å²) in [5.74, 6) is -11.4. The van der Waals surface area contributed by atoms with Crippen LogP contribution in [0.5, 0.6) is 0 Å². The first-order valence-electron chi connectivity index (χ1n) is 5.06. The van der Waals surface area contributed by atoms with Crippen LogP contribution in [0.15, 0.2) is 0 Å². The molecule has 0 amide bonds. The molecule has 0 aliphatic heterocycles. The Morgan fingerprint density at radius 1 is 0.944 bits per heavy atom. The largest absolute Gasteiger partial charge is 0.459 e. The zero-order chi connectivity index (χ0) is 13.9. The number of halogens is 8. The van der Waals surface area contributed by atoms with Gasteiger partial charge in [-0.15, -0.1) is 12.4 Å². The van der Waals surface area contributed by atoms with Gasteiger partial charge in [-0.3, -0.25) is 0 Å². The number of nitrogens with two attached hydrogens (primary N) is 1. The standard InChI is InChI=1S/C9H14F7N.ClH/c1-2-3-4-5-6(17)7(10,11)8(12,13)9(14,15)16;/h6H,2-5,17H2,1H3;1H/t6-;/m0./s1. The third-order valence-electron chi connectivity index (χ3n) is 2.36. The Bertz CT molecular complexity index is 242. The molecule has 9 heteroatoms. The van der Waals surface area contributed by atoms with Gasteiger partial charge in [0.1, 0.15) is 0 Å². The monoisotopic (exact) mass is 305 g/mol. The van der Waals surface area contributed by atoms with Gasteiger partial charge in [0, 0.05) is 0 Å². The van der Waals surface area contributed by atoms with E-state index in [1.165, 1.54) is 0 Å². The molecule has 0 bridgehead atoms. The van der Waals surface area contributed by atoms with Gasteiger partial charge in [-0.2, -0.15) is 30.7 Å². The number of hydrogen-bond acceptors (Lipinski definition) is 1. The summed E-state index contributed by atoms with van der Waals surface area (Å²) in [5, 5.41) is 0. The smallest absolute Gasteiger partial charge is 0.322 e. The van der Waals surface area contributed by atoms with Crippen molar-refractivity contribution in [1.29, 1.82) is 0 Å². The average Bonchev–Trinajstić information content (AvgIpc) is 2.15. The van der Waals surface area contributed by atoms with E-state index in [0.717, 1.165) is 0 Å². The third-order valence-corrected chi connectivity index (χ3v) is 2.36. The number of rotatable bonds is 6. The van der Waals surface area contributed by atoms with Crippen LogP contribution >= 0.6 is 12.4 Å². The Balaban J connectivity index is 0. The Morgan fingerprint density at radius 2 is 1.39 bits per heavy atom. The normalized spacial score (nSPS) is 15.2. The quantitative estimate of drug-likeness (QED) is 0.579. The minimum absolute atomic E-state index is 0. The summed E-state index contributed by atoms with van der Waals surface area (Å²) in [5.41, 5.74) is 4.75. The zero-order valence-corrected chi connectivity index (χ0v) is 10.4. The molecule has 0 aromatic heterocycles. The van der Waals surface area contributed by atoms with E-state index in [1.807, 2.05) is 0 Å². The molecule has 0 aliphatic rings. The maximum Gasteiger partial charge on any atom is 0.459 e. The van der Waals surface area contributed by atoms with Crippen LogP contribution in [-0.4, -0.2) is 24.1 Å². The van der Waals surface area contributed by atoms with Gasteiger partial charge in [-0.05, 0) is 6.42 Å². The molecular weight excluding hydrogens is 291 g/mol. The van der Waals surface area contributed by atoms with E-state index in [4.69, 9.17) is 5.73 Å². The molecular formula is C9H15ClF7N. The topological polar surface area (TPSA) is 26.0 Å². The summed E-state index contributed by atoms with van der Waals surface area (Å²) >= 11 is 0. The van der Waals surface area contributed by atoms with Crippen molar-refractivity contribution in [2.75, 3.05) is 0 Å². The van der Waals surface area contributed by atoms with Crippen LogP contribution in [0.1, 0.15) is 32.6 Å². The van der Waals surface area contributed by atoms with Crippen LogP contribution in [0.25, 0.3) is 0 Å². The first-order chi connectivity index (χ1) is 7.48. The van der Waals surface area contributed by atoms with Crippen molar-refractivity contribution < 1.29 is 30.7 Å². The highest BCUT2D eigenvalue weighted by atomic mass is 35.5.